The minimum atomic E-state index is -3.64. The van der Waals surface area contributed by atoms with E-state index in [0.29, 0.717) is 0 Å². The number of benzene rings is 2. The molecule has 124 valence electrons. The molecule has 0 spiro atoms. The summed E-state index contributed by atoms with van der Waals surface area (Å²) >= 11 is 1.14. The molecular weight excluding hydrogens is 340 g/mol. The van der Waals surface area contributed by atoms with Crippen LogP contribution in [0.1, 0.15) is 5.56 Å². The number of primary sulfonamides is 1. The largest absolute Gasteiger partial charge is 0.370 e. The van der Waals surface area contributed by atoms with Crippen LogP contribution in [-0.2, 0) is 16.6 Å². The van der Waals surface area contributed by atoms with E-state index in [1.54, 1.807) is 6.07 Å². The number of sulfonamides is 1. The number of nitrogens with two attached hydrogens (primary N) is 1. The third kappa shape index (κ3) is 3.84. The van der Waals surface area contributed by atoms with Gasteiger partial charge < -0.3 is 4.90 Å². The highest BCUT2D eigenvalue weighted by Gasteiger charge is 2.12. The van der Waals surface area contributed by atoms with Crippen molar-refractivity contribution < 1.29 is 8.42 Å². The molecule has 0 bridgehead atoms. The van der Waals surface area contributed by atoms with Crippen LogP contribution in [0.3, 0.4) is 0 Å². The second-order valence-electron chi connectivity index (χ2n) is 5.59. The molecule has 1 aromatic heterocycles. The van der Waals surface area contributed by atoms with Crippen molar-refractivity contribution in [3.63, 3.8) is 0 Å². The van der Waals surface area contributed by atoms with E-state index in [1.807, 2.05) is 42.8 Å². The second-order valence-corrected chi connectivity index (χ2v) is 8.29. The summed E-state index contributed by atoms with van der Waals surface area (Å²) in [7, 11) is -1.60. The summed E-state index contributed by atoms with van der Waals surface area (Å²) in [5.41, 5.74) is 4.16. The Kier molecular flexibility index (Phi) is 4.71. The zero-order valence-corrected chi connectivity index (χ0v) is 14.8. The topological polar surface area (TPSA) is 63.4 Å². The Bertz CT molecular complexity index is 934. The molecule has 0 saturated carbocycles. The van der Waals surface area contributed by atoms with Crippen molar-refractivity contribution in [2.45, 2.75) is 10.8 Å². The fourth-order valence-corrected chi connectivity index (χ4v) is 4.13. The lowest BCUT2D eigenvalue weighted by Gasteiger charge is -2.19. The summed E-state index contributed by atoms with van der Waals surface area (Å²) in [6, 6.07) is 19.9. The van der Waals surface area contributed by atoms with Gasteiger partial charge in [-0.05, 0) is 46.3 Å². The molecule has 0 aliphatic rings. The standard InChI is InChI=1S/C18H18N2O2S2/c1-20(17-8-3-2-4-9-17)12-14-6-5-7-15(10-14)16-11-18(23-13-16)24(19,21)22/h2-11,13H,12H2,1H3,(H2,19,21,22). The van der Waals surface area contributed by atoms with Gasteiger partial charge in [0, 0.05) is 19.3 Å². The van der Waals surface area contributed by atoms with Crippen molar-refractivity contribution in [2.24, 2.45) is 5.14 Å². The molecule has 0 fully saturated rings. The molecule has 24 heavy (non-hydrogen) atoms. The molecule has 0 amide bonds. The van der Waals surface area contributed by atoms with Gasteiger partial charge in [-0.3, -0.25) is 0 Å². The molecule has 0 atom stereocenters. The van der Waals surface area contributed by atoms with Crippen molar-refractivity contribution in [1.29, 1.82) is 0 Å². The van der Waals surface area contributed by atoms with E-state index in [2.05, 4.69) is 29.2 Å². The molecule has 2 aromatic carbocycles. The van der Waals surface area contributed by atoms with Crippen molar-refractivity contribution in [3.05, 3.63) is 71.6 Å². The van der Waals surface area contributed by atoms with Gasteiger partial charge in [0.1, 0.15) is 4.21 Å². The van der Waals surface area contributed by atoms with Crippen molar-refractivity contribution >= 4 is 27.0 Å². The highest BCUT2D eigenvalue weighted by Crippen LogP contribution is 2.28. The van der Waals surface area contributed by atoms with Crippen molar-refractivity contribution in [1.82, 2.24) is 0 Å². The minimum Gasteiger partial charge on any atom is -0.370 e. The SMILES string of the molecule is CN(Cc1cccc(-c2csc(S(N)(=O)=O)c2)c1)c1ccccc1. The number of hydrogen-bond donors (Lipinski definition) is 1. The van der Waals surface area contributed by atoms with Crippen molar-refractivity contribution in [3.8, 4) is 11.1 Å². The normalized spacial score (nSPS) is 11.4. The number of hydrogen-bond acceptors (Lipinski definition) is 4. The van der Waals surface area contributed by atoms with E-state index < -0.39 is 10.0 Å². The van der Waals surface area contributed by atoms with Gasteiger partial charge >= 0.3 is 0 Å². The Morgan fingerprint density at radius 1 is 1.00 bits per heavy atom. The van der Waals surface area contributed by atoms with Crippen LogP contribution in [0.25, 0.3) is 11.1 Å². The predicted molar refractivity (Wildman–Crippen MR) is 99.7 cm³/mol. The fourth-order valence-electron chi connectivity index (χ4n) is 2.51. The molecular formula is C18H18N2O2S2. The first-order valence-corrected chi connectivity index (χ1v) is 9.83. The maximum Gasteiger partial charge on any atom is 0.247 e. The van der Waals surface area contributed by atoms with E-state index in [9.17, 15) is 8.42 Å². The van der Waals surface area contributed by atoms with Gasteiger partial charge in [-0.15, -0.1) is 11.3 Å². The quantitative estimate of drug-likeness (QED) is 0.756. The molecule has 0 aliphatic heterocycles. The van der Waals surface area contributed by atoms with Gasteiger partial charge in [-0.25, -0.2) is 13.6 Å². The first-order chi connectivity index (χ1) is 11.4. The van der Waals surface area contributed by atoms with Crippen LogP contribution < -0.4 is 10.0 Å². The number of para-hydroxylation sites is 1. The van der Waals surface area contributed by atoms with E-state index in [0.717, 1.165) is 40.3 Å². The lowest BCUT2D eigenvalue weighted by Crippen LogP contribution is -2.16. The summed E-state index contributed by atoms with van der Waals surface area (Å²) < 4.78 is 23.0. The molecule has 4 nitrogen and oxygen atoms in total. The number of thiophene rings is 1. The van der Waals surface area contributed by atoms with Crippen LogP contribution in [-0.4, -0.2) is 15.5 Å². The van der Waals surface area contributed by atoms with Crippen LogP contribution in [0.5, 0.6) is 0 Å². The average molecular weight is 358 g/mol. The van der Waals surface area contributed by atoms with Gasteiger partial charge in [0.25, 0.3) is 0 Å². The first-order valence-electron chi connectivity index (χ1n) is 7.40. The summed E-state index contributed by atoms with van der Waals surface area (Å²) in [6.07, 6.45) is 0. The smallest absolute Gasteiger partial charge is 0.247 e. The fraction of sp³-hybridized carbons (Fsp3) is 0.111. The summed E-state index contributed by atoms with van der Waals surface area (Å²) in [6.45, 7) is 0.768. The van der Waals surface area contributed by atoms with Gasteiger partial charge in [0.15, 0.2) is 0 Å². The zero-order chi connectivity index (χ0) is 17.2. The molecule has 0 aliphatic carbocycles. The van der Waals surface area contributed by atoms with Gasteiger partial charge in [-0.1, -0.05) is 36.4 Å². The maximum atomic E-state index is 11.4. The Hall–Kier alpha value is -2.15. The van der Waals surface area contributed by atoms with E-state index >= 15 is 0 Å². The molecule has 3 aromatic rings. The van der Waals surface area contributed by atoms with Crippen LogP contribution >= 0.6 is 11.3 Å². The molecule has 0 unspecified atom stereocenters. The molecule has 3 rings (SSSR count). The van der Waals surface area contributed by atoms with Gasteiger partial charge in [-0.2, -0.15) is 0 Å². The number of nitrogens with zero attached hydrogens (tertiary/aromatic N) is 1. The Morgan fingerprint density at radius 2 is 1.75 bits per heavy atom. The Labute approximate surface area is 146 Å². The maximum absolute atomic E-state index is 11.4. The summed E-state index contributed by atoms with van der Waals surface area (Å²) in [5.74, 6) is 0. The van der Waals surface area contributed by atoms with Crippen LogP contribution in [0.2, 0.25) is 0 Å². The third-order valence-electron chi connectivity index (χ3n) is 3.73. The van der Waals surface area contributed by atoms with Crippen LogP contribution in [0, 0.1) is 0 Å². The third-order valence-corrected chi connectivity index (χ3v) is 6.12. The first kappa shape index (κ1) is 16.7. The summed E-state index contributed by atoms with van der Waals surface area (Å²) in [4.78, 5) is 2.17. The Balaban J connectivity index is 1.83. The van der Waals surface area contributed by atoms with Gasteiger partial charge in [0.2, 0.25) is 10.0 Å². The highest BCUT2D eigenvalue weighted by molar-refractivity contribution is 7.91. The zero-order valence-electron chi connectivity index (χ0n) is 13.2. The van der Waals surface area contributed by atoms with Crippen molar-refractivity contribution in [2.75, 3.05) is 11.9 Å². The number of anilines is 1. The molecule has 2 N–H and O–H groups in total. The number of rotatable bonds is 5. The Morgan fingerprint density at radius 3 is 2.42 bits per heavy atom. The summed E-state index contributed by atoms with van der Waals surface area (Å²) in [5, 5.41) is 7.00. The van der Waals surface area contributed by atoms with E-state index in [-0.39, 0.29) is 4.21 Å². The van der Waals surface area contributed by atoms with E-state index in [4.69, 9.17) is 5.14 Å². The second kappa shape index (κ2) is 6.76. The van der Waals surface area contributed by atoms with Crippen LogP contribution in [0.15, 0.2) is 70.3 Å². The van der Waals surface area contributed by atoms with Crippen LogP contribution in [0.4, 0.5) is 5.69 Å². The molecule has 0 saturated heterocycles. The molecule has 0 radical (unpaired) electrons. The molecule has 1 heterocycles. The highest BCUT2D eigenvalue weighted by atomic mass is 32.2. The lowest BCUT2D eigenvalue weighted by atomic mass is 10.1. The monoisotopic (exact) mass is 358 g/mol. The average Bonchev–Trinajstić information content (AvgIpc) is 3.06. The molecule has 6 heteroatoms. The minimum absolute atomic E-state index is 0.185. The van der Waals surface area contributed by atoms with E-state index in [1.165, 1.54) is 0 Å². The predicted octanol–water partition coefficient (Wildman–Crippen LogP) is 3.70. The lowest BCUT2D eigenvalue weighted by molar-refractivity contribution is 0.600. The van der Waals surface area contributed by atoms with Gasteiger partial charge in [0.05, 0.1) is 0 Å².